The van der Waals surface area contributed by atoms with Gasteiger partial charge < -0.3 is 0 Å². The lowest BCUT2D eigenvalue weighted by Gasteiger charge is -2.38. The van der Waals surface area contributed by atoms with Crippen molar-refractivity contribution in [3.8, 4) is 0 Å². The predicted octanol–water partition coefficient (Wildman–Crippen LogP) is 4.35. The first-order valence-electron chi connectivity index (χ1n) is 5.88. The highest BCUT2D eigenvalue weighted by atomic mass is 14.5. The number of rotatable bonds is 4. The van der Waals surface area contributed by atoms with E-state index in [0.29, 0.717) is 5.41 Å². The molecule has 1 aliphatic carbocycles. The largest absolute Gasteiger partial charge is 0.0622 e. The van der Waals surface area contributed by atoms with Crippen molar-refractivity contribution in [2.45, 2.75) is 54.4 Å². The van der Waals surface area contributed by atoms with Crippen LogP contribution in [-0.4, -0.2) is 0 Å². The summed E-state index contributed by atoms with van der Waals surface area (Å²) >= 11 is 0. The molecule has 0 aromatic rings. The Morgan fingerprint density at radius 2 is 1.54 bits per heavy atom. The smallest absolute Gasteiger partial charge is 0.0277 e. The van der Waals surface area contributed by atoms with Gasteiger partial charge in [0.15, 0.2) is 0 Å². The van der Waals surface area contributed by atoms with Crippen LogP contribution < -0.4 is 0 Å². The molecule has 0 spiro atoms. The molecule has 0 aliphatic heterocycles. The average molecular weight is 182 g/mol. The van der Waals surface area contributed by atoms with Crippen molar-refractivity contribution in [1.29, 1.82) is 0 Å². The SMILES string of the molecule is CC1CC1CC(C)(C(C)C)C(C)C. The molecule has 0 heterocycles. The van der Waals surface area contributed by atoms with E-state index in [1.807, 2.05) is 0 Å². The van der Waals surface area contributed by atoms with Gasteiger partial charge in [-0.25, -0.2) is 0 Å². The van der Waals surface area contributed by atoms with Crippen LogP contribution in [0.3, 0.4) is 0 Å². The van der Waals surface area contributed by atoms with Crippen LogP contribution in [0, 0.1) is 29.1 Å². The molecule has 0 nitrogen and oxygen atoms in total. The fourth-order valence-electron chi connectivity index (χ4n) is 2.39. The van der Waals surface area contributed by atoms with E-state index in [0.717, 1.165) is 23.7 Å². The highest BCUT2D eigenvalue weighted by molar-refractivity contribution is 4.91. The zero-order valence-electron chi connectivity index (χ0n) is 10.2. The molecular weight excluding hydrogens is 156 g/mol. The lowest BCUT2D eigenvalue weighted by molar-refractivity contribution is 0.113. The second kappa shape index (κ2) is 3.63. The molecule has 0 amide bonds. The topological polar surface area (TPSA) is 0 Å². The van der Waals surface area contributed by atoms with Gasteiger partial charge in [0.25, 0.3) is 0 Å². The summed E-state index contributed by atoms with van der Waals surface area (Å²) in [6, 6.07) is 0. The molecule has 0 aromatic heterocycles. The van der Waals surface area contributed by atoms with Crippen molar-refractivity contribution >= 4 is 0 Å². The highest BCUT2D eigenvalue weighted by Gasteiger charge is 2.41. The van der Waals surface area contributed by atoms with Crippen molar-refractivity contribution in [3.63, 3.8) is 0 Å². The molecule has 0 aromatic carbocycles. The quantitative estimate of drug-likeness (QED) is 0.606. The summed E-state index contributed by atoms with van der Waals surface area (Å²) < 4.78 is 0. The average Bonchev–Trinajstić information content (AvgIpc) is 2.65. The normalized spacial score (nSPS) is 28.6. The van der Waals surface area contributed by atoms with E-state index in [1.54, 1.807) is 0 Å². The monoisotopic (exact) mass is 182 g/mol. The maximum atomic E-state index is 2.48. The predicted molar refractivity (Wildman–Crippen MR) is 59.7 cm³/mol. The summed E-state index contributed by atoms with van der Waals surface area (Å²) in [4.78, 5) is 0. The molecule has 78 valence electrons. The van der Waals surface area contributed by atoms with Gasteiger partial charge in [0.05, 0.1) is 0 Å². The van der Waals surface area contributed by atoms with Gasteiger partial charge in [-0.3, -0.25) is 0 Å². The second-order valence-corrected chi connectivity index (χ2v) is 5.99. The molecular formula is C13H26. The molecule has 0 heteroatoms. The zero-order chi connectivity index (χ0) is 10.2. The molecule has 1 saturated carbocycles. The minimum absolute atomic E-state index is 0.565. The Balaban J connectivity index is 2.56. The fourth-order valence-corrected chi connectivity index (χ4v) is 2.39. The third-order valence-corrected chi connectivity index (χ3v) is 4.62. The van der Waals surface area contributed by atoms with Crippen LogP contribution in [0.15, 0.2) is 0 Å². The zero-order valence-corrected chi connectivity index (χ0v) is 10.2. The van der Waals surface area contributed by atoms with Gasteiger partial charge in [-0.1, -0.05) is 41.5 Å². The molecule has 0 N–H and O–H groups in total. The van der Waals surface area contributed by atoms with Gasteiger partial charge in [0.1, 0.15) is 0 Å². The minimum atomic E-state index is 0.565. The molecule has 0 bridgehead atoms. The third-order valence-electron chi connectivity index (χ3n) is 4.62. The maximum absolute atomic E-state index is 2.48. The maximum Gasteiger partial charge on any atom is -0.0277 e. The Morgan fingerprint density at radius 3 is 1.77 bits per heavy atom. The van der Waals surface area contributed by atoms with Gasteiger partial charge in [-0.2, -0.15) is 0 Å². The summed E-state index contributed by atoms with van der Waals surface area (Å²) in [5.74, 6) is 3.69. The van der Waals surface area contributed by atoms with E-state index < -0.39 is 0 Å². The van der Waals surface area contributed by atoms with Crippen LogP contribution in [0.1, 0.15) is 54.4 Å². The van der Waals surface area contributed by atoms with Crippen LogP contribution in [-0.2, 0) is 0 Å². The molecule has 2 unspecified atom stereocenters. The van der Waals surface area contributed by atoms with Gasteiger partial charge in [-0.05, 0) is 41.9 Å². The van der Waals surface area contributed by atoms with Gasteiger partial charge in [0, 0.05) is 0 Å². The summed E-state index contributed by atoms with van der Waals surface area (Å²) in [5.41, 5.74) is 0.565. The van der Waals surface area contributed by atoms with E-state index in [4.69, 9.17) is 0 Å². The first-order chi connectivity index (χ1) is 5.88. The van der Waals surface area contributed by atoms with Crippen LogP contribution in [0.5, 0.6) is 0 Å². The molecule has 2 atom stereocenters. The first kappa shape index (κ1) is 11.1. The fraction of sp³-hybridized carbons (Fsp3) is 1.00. The Hall–Kier alpha value is 0. The summed E-state index contributed by atoms with van der Waals surface area (Å²) in [7, 11) is 0. The van der Waals surface area contributed by atoms with Crippen molar-refractivity contribution in [2.24, 2.45) is 29.1 Å². The van der Waals surface area contributed by atoms with Gasteiger partial charge in [0.2, 0.25) is 0 Å². The summed E-state index contributed by atoms with van der Waals surface area (Å²) in [6.45, 7) is 14.4. The lowest BCUT2D eigenvalue weighted by Crippen LogP contribution is -2.30. The molecule has 1 fully saturated rings. The minimum Gasteiger partial charge on any atom is -0.0622 e. The van der Waals surface area contributed by atoms with Crippen molar-refractivity contribution < 1.29 is 0 Å². The third kappa shape index (κ3) is 2.27. The lowest BCUT2D eigenvalue weighted by atomic mass is 9.67. The van der Waals surface area contributed by atoms with Crippen LogP contribution >= 0.6 is 0 Å². The first-order valence-corrected chi connectivity index (χ1v) is 5.88. The number of hydrogen-bond acceptors (Lipinski definition) is 0. The Bertz CT molecular complexity index is 159. The molecule has 0 saturated heterocycles. The Morgan fingerprint density at radius 1 is 1.15 bits per heavy atom. The van der Waals surface area contributed by atoms with Gasteiger partial charge >= 0.3 is 0 Å². The van der Waals surface area contributed by atoms with E-state index in [-0.39, 0.29) is 0 Å². The standard InChI is InChI=1S/C13H26/c1-9(2)13(6,10(3)4)8-12-7-11(12)5/h9-12H,7-8H2,1-6H3. The van der Waals surface area contributed by atoms with Crippen LogP contribution in [0.25, 0.3) is 0 Å². The molecule has 1 aliphatic rings. The summed E-state index contributed by atoms with van der Waals surface area (Å²) in [5, 5.41) is 0. The van der Waals surface area contributed by atoms with E-state index >= 15 is 0 Å². The Labute approximate surface area is 84.1 Å². The van der Waals surface area contributed by atoms with Crippen LogP contribution in [0.4, 0.5) is 0 Å². The summed E-state index contributed by atoms with van der Waals surface area (Å²) in [6.07, 6.45) is 2.93. The van der Waals surface area contributed by atoms with Crippen molar-refractivity contribution in [2.75, 3.05) is 0 Å². The molecule has 0 radical (unpaired) electrons. The Kier molecular flexibility index (Phi) is 3.09. The van der Waals surface area contributed by atoms with E-state index in [1.165, 1.54) is 12.8 Å². The van der Waals surface area contributed by atoms with Gasteiger partial charge in [-0.15, -0.1) is 0 Å². The van der Waals surface area contributed by atoms with E-state index in [2.05, 4.69) is 41.5 Å². The molecule has 13 heavy (non-hydrogen) atoms. The van der Waals surface area contributed by atoms with Crippen molar-refractivity contribution in [3.05, 3.63) is 0 Å². The number of hydrogen-bond donors (Lipinski definition) is 0. The van der Waals surface area contributed by atoms with Crippen LogP contribution in [0.2, 0.25) is 0 Å². The molecule has 1 rings (SSSR count). The van der Waals surface area contributed by atoms with Crippen molar-refractivity contribution in [1.82, 2.24) is 0 Å². The second-order valence-electron chi connectivity index (χ2n) is 5.99. The highest BCUT2D eigenvalue weighted by Crippen LogP contribution is 2.50. The van der Waals surface area contributed by atoms with E-state index in [9.17, 15) is 0 Å².